The predicted octanol–water partition coefficient (Wildman–Crippen LogP) is 2.44. The molecule has 2 atom stereocenters. The Balaban J connectivity index is 1.61. The summed E-state index contributed by atoms with van der Waals surface area (Å²) in [4.78, 5) is 42.8. The number of amides is 3. The first kappa shape index (κ1) is 24.7. The lowest BCUT2D eigenvalue weighted by Gasteiger charge is -2.22. The van der Waals surface area contributed by atoms with Gasteiger partial charge in [-0.25, -0.2) is 4.98 Å². The number of hydrogen-bond acceptors (Lipinski definition) is 6. The number of nitrogens with zero attached hydrogens (tertiary/aromatic N) is 2. The highest BCUT2D eigenvalue weighted by molar-refractivity contribution is 5.93. The molecule has 1 aliphatic heterocycles. The van der Waals surface area contributed by atoms with E-state index in [4.69, 9.17) is 20.2 Å². The van der Waals surface area contributed by atoms with Gasteiger partial charge in [-0.15, -0.1) is 0 Å². The number of nitrogens with two attached hydrogens (primary N) is 1. The van der Waals surface area contributed by atoms with E-state index in [2.05, 4.69) is 5.32 Å². The van der Waals surface area contributed by atoms with Crippen molar-refractivity contribution >= 4 is 28.6 Å². The Kier molecular flexibility index (Phi) is 7.48. The zero-order chi connectivity index (χ0) is 25.7. The third-order valence-electron chi connectivity index (χ3n) is 5.99. The summed E-state index contributed by atoms with van der Waals surface area (Å²) >= 11 is 0. The van der Waals surface area contributed by atoms with E-state index < -0.39 is 24.0 Å². The average Bonchev–Trinajstić information content (AvgIpc) is 3.32. The van der Waals surface area contributed by atoms with E-state index in [0.717, 1.165) is 16.6 Å². The number of rotatable bonds is 8. The molecule has 1 aliphatic rings. The van der Waals surface area contributed by atoms with Crippen LogP contribution in [-0.4, -0.2) is 60.0 Å². The van der Waals surface area contributed by atoms with Gasteiger partial charge in [0.2, 0.25) is 17.7 Å². The molecule has 186 valence electrons. The molecule has 2 aromatic carbocycles. The Morgan fingerprint density at radius 2 is 1.94 bits per heavy atom. The highest BCUT2D eigenvalue weighted by Crippen LogP contribution is 2.34. The van der Waals surface area contributed by atoms with Crippen molar-refractivity contribution in [2.75, 3.05) is 20.2 Å². The lowest BCUT2D eigenvalue weighted by Crippen LogP contribution is -2.47. The molecule has 2 heterocycles. The molecule has 36 heavy (non-hydrogen) atoms. The topological polar surface area (TPSA) is 124 Å². The fraction of sp³-hybridized carbons (Fsp3) is 0.259. The average molecular weight is 489 g/mol. The summed E-state index contributed by atoms with van der Waals surface area (Å²) in [6.45, 7) is 1.62. The van der Waals surface area contributed by atoms with Gasteiger partial charge < -0.3 is 25.4 Å². The largest absolute Gasteiger partial charge is 0.497 e. The quantitative estimate of drug-likeness (QED) is 0.470. The molecule has 0 aliphatic carbocycles. The summed E-state index contributed by atoms with van der Waals surface area (Å²) in [6, 6.07) is 16.3. The third kappa shape index (κ3) is 5.46. The number of primary amides is 1. The van der Waals surface area contributed by atoms with Crippen molar-refractivity contribution in [3.63, 3.8) is 0 Å². The molecule has 0 unspecified atom stereocenters. The minimum atomic E-state index is -0.831. The SMILES string of the molecule is C/C=C/C(=O)NCC(=O)N1C[C@H](Oc2cc(-c3ccccc3)nc3cc(OC)ccc23)C[C@H]1C(N)=O. The van der Waals surface area contributed by atoms with E-state index in [1.54, 1.807) is 20.1 Å². The normalized spacial score (nSPS) is 17.3. The summed E-state index contributed by atoms with van der Waals surface area (Å²) in [5.74, 6) is -0.177. The molecule has 0 radical (unpaired) electrons. The maximum Gasteiger partial charge on any atom is 0.244 e. The van der Waals surface area contributed by atoms with E-state index in [0.29, 0.717) is 17.0 Å². The molecule has 9 heteroatoms. The first-order chi connectivity index (χ1) is 17.4. The van der Waals surface area contributed by atoms with Crippen molar-refractivity contribution < 1.29 is 23.9 Å². The van der Waals surface area contributed by atoms with E-state index in [-0.39, 0.29) is 25.4 Å². The summed E-state index contributed by atoms with van der Waals surface area (Å²) < 4.78 is 11.7. The first-order valence-electron chi connectivity index (χ1n) is 11.6. The maximum atomic E-state index is 12.8. The molecule has 3 aromatic rings. The van der Waals surface area contributed by atoms with E-state index in [1.807, 2.05) is 54.6 Å². The molecule has 1 fully saturated rings. The van der Waals surface area contributed by atoms with Crippen LogP contribution >= 0.6 is 0 Å². The number of hydrogen-bond donors (Lipinski definition) is 2. The Bertz CT molecular complexity index is 1310. The van der Waals surface area contributed by atoms with Gasteiger partial charge in [0.15, 0.2) is 0 Å². The second-order valence-corrected chi connectivity index (χ2v) is 8.41. The Labute approximate surface area is 208 Å². The highest BCUT2D eigenvalue weighted by atomic mass is 16.5. The van der Waals surface area contributed by atoms with Crippen LogP contribution in [0.2, 0.25) is 0 Å². The van der Waals surface area contributed by atoms with Crippen LogP contribution in [0.5, 0.6) is 11.5 Å². The molecule has 3 N–H and O–H groups in total. The number of carbonyl (C=O) groups excluding carboxylic acids is 3. The summed E-state index contributed by atoms with van der Waals surface area (Å²) in [7, 11) is 1.59. The third-order valence-corrected chi connectivity index (χ3v) is 5.99. The number of aromatic nitrogens is 1. The molecule has 1 aromatic heterocycles. The van der Waals surface area contributed by atoms with E-state index >= 15 is 0 Å². The molecule has 9 nitrogen and oxygen atoms in total. The van der Waals surface area contributed by atoms with E-state index in [9.17, 15) is 14.4 Å². The lowest BCUT2D eigenvalue weighted by atomic mass is 10.1. The van der Waals surface area contributed by atoms with Gasteiger partial charge in [0, 0.05) is 29.5 Å². The van der Waals surface area contributed by atoms with Gasteiger partial charge in [0.05, 0.1) is 31.4 Å². The van der Waals surface area contributed by atoms with Crippen molar-refractivity contribution in [1.29, 1.82) is 0 Å². The number of benzene rings is 2. The molecule has 0 spiro atoms. The number of ether oxygens (including phenoxy) is 2. The number of pyridine rings is 1. The molecule has 3 amide bonds. The summed E-state index contributed by atoms with van der Waals surface area (Å²) in [6.07, 6.45) is 2.66. The zero-order valence-corrected chi connectivity index (χ0v) is 20.1. The van der Waals surface area contributed by atoms with Gasteiger partial charge >= 0.3 is 0 Å². The number of nitrogens with one attached hydrogen (secondary N) is 1. The van der Waals surface area contributed by atoms with Crippen molar-refractivity contribution in [3.8, 4) is 22.8 Å². The minimum absolute atomic E-state index is 0.159. The molecule has 1 saturated heterocycles. The van der Waals surface area contributed by atoms with E-state index in [1.165, 1.54) is 11.0 Å². The minimum Gasteiger partial charge on any atom is -0.497 e. The van der Waals surface area contributed by atoms with Gasteiger partial charge in [-0.2, -0.15) is 0 Å². The second-order valence-electron chi connectivity index (χ2n) is 8.41. The van der Waals surface area contributed by atoms with Gasteiger partial charge in [0.1, 0.15) is 23.6 Å². The Hall–Kier alpha value is -4.40. The summed E-state index contributed by atoms with van der Waals surface area (Å²) in [5.41, 5.74) is 7.92. The second kappa shape index (κ2) is 10.9. The van der Waals surface area contributed by atoms with Crippen LogP contribution < -0.4 is 20.5 Å². The van der Waals surface area contributed by atoms with Crippen molar-refractivity contribution in [2.45, 2.75) is 25.5 Å². The maximum absolute atomic E-state index is 12.8. The molecule has 0 saturated carbocycles. The van der Waals surface area contributed by atoms with Crippen LogP contribution in [0.1, 0.15) is 13.3 Å². The lowest BCUT2D eigenvalue weighted by molar-refractivity contribution is -0.137. The van der Waals surface area contributed by atoms with Gasteiger partial charge in [-0.05, 0) is 25.1 Å². The number of methoxy groups -OCH3 is 1. The fourth-order valence-corrected chi connectivity index (χ4v) is 4.24. The van der Waals surface area contributed by atoms with Crippen LogP contribution in [0.3, 0.4) is 0 Å². The van der Waals surface area contributed by atoms with Crippen LogP contribution in [0.15, 0.2) is 66.7 Å². The Morgan fingerprint density at radius 3 is 2.64 bits per heavy atom. The summed E-state index contributed by atoms with van der Waals surface area (Å²) in [5, 5.41) is 3.29. The predicted molar refractivity (Wildman–Crippen MR) is 135 cm³/mol. The number of carbonyl (C=O) groups is 3. The number of fused-ring (bicyclic) bond motifs is 1. The van der Waals surface area contributed by atoms with Crippen molar-refractivity contribution in [2.24, 2.45) is 5.73 Å². The number of allylic oxidation sites excluding steroid dienone is 1. The Morgan fingerprint density at radius 1 is 1.17 bits per heavy atom. The van der Waals surface area contributed by atoms with Gasteiger partial charge in [-0.3, -0.25) is 14.4 Å². The highest BCUT2D eigenvalue weighted by Gasteiger charge is 2.39. The van der Waals surface area contributed by atoms with Crippen LogP contribution in [-0.2, 0) is 14.4 Å². The molecule has 4 rings (SSSR count). The molecule has 0 bridgehead atoms. The smallest absolute Gasteiger partial charge is 0.244 e. The van der Waals surface area contributed by atoms with Crippen molar-refractivity contribution in [1.82, 2.24) is 15.2 Å². The van der Waals surface area contributed by atoms with Crippen LogP contribution in [0.25, 0.3) is 22.2 Å². The van der Waals surface area contributed by atoms with Crippen LogP contribution in [0.4, 0.5) is 0 Å². The first-order valence-corrected chi connectivity index (χ1v) is 11.6. The van der Waals surface area contributed by atoms with Crippen molar-refractivity contribution in [3.05, 3.63) is 66.7 Å². The fourth-order valence-electron chi connectivity index (χ4n) is 4.24. The van der Waals surface area contributed by atoms with Gasteiger partial charge in [0.25, 0.3) is 0 Å². The number of likely N-dealkylation sites (tertiary alicyclic amines) is 1. The van der Waals surface area contributed by atoms with Gasteiger partial charge in [-0.1, -0.05) is 36.4 Å². The molecular formula is C27H28N4O5. The molecular weight excluding hydrogens is 460 g/mol. The zero-order valence-electron chi connectivity index (χ0n) is 20.1. The standard InChI is InChI=1S/C27H28N4O5/c1-3-7-25(32)29-15-26(33)31-16-19(13-23(31)27(28)34)36-24-14-21(17-8-5-4-6-9-17)30-22-12-18(35-2)10-11-20(22)24/h3-12,14,19,23H,13,15-16H2,1-2H3,(H2,28,34)(H,29,32)/b7-3+/t19-,23+/m1/s1. The monoisotopic (exact) mass is 488 g/mol. The van der Waals surface area contributed by atoms with Crippen LogP contribution in [0, 0.1) is 0 Å².